The first-order valence-electron chi connectivity index (χ1n) is 3.75. The van der Waals surface area contributed by atoms with Crippen LogP contribution in [-0.4, -0.2) is 32.2 Å². The van der Waals surface area contributed by atoms with Crippen LogP contribution in [0.3, 0.4) is 0 Å². The molecule has 0 saturated heterocycles. The first-order chi connectivity index (χ1) is 6.52. The van der Waals surface area contributed by atoms with Gasteiger partial charge in [-0.3, -0.25) is 4.79 Å². The molecule has 1 amide bonds. The highest BCUT2D eigenvalue weighted by Crippen LogP contribution is 2.14. The Morgan fingerprint density at radius 1 is 1.36 bits per heavy atom. The number of nitrogens with two attached hydrogens (primary N) is 2. The molecule has 0 aliphatic heterocycles. The molecular weight excluding hydrogens is 188 g/mol. The quantitative estimate of drug-likeness (QED) is 0.441. The lowest BCUT2D eigenvalue weighted by Gasteiger charge is -2.13. The number of carbonyl (C=O) groups excluding carboxylic acids is 1. The molecule has 2 atom stereocenters. The van der Waals surface area contributed by atoms with Crippen LogP contribution in [0.5, 0.6) is 0 Å². The van der Waals surface area contributed by atoms with E-state index in [9.17, 15) is 9.90 Å². The molecule has 7 nitrogen and oxygen atoms in total. The highest BCUT2D eigenvalue weighted by molar-refractivity contribution is 5.79. The van der Waals surface area contributed by atoms with Crippen molar-refractivity contribution in [2.75, 3.05) is 5.73 Å². The van der Waals surface area contributed by atoms with E-state index in [2.05, 4.69) is 9.97 Å². The maximum Gasteiger partial charge on any atom is 0.249 e. The number of aliphatic hydroxyl groups is 2. The monoisotopic (exact) mass is 198 g/mol. The lowest BCUT2D eigenvalue weighted by Crippen LogP contribution is -2.33. The largest absolute Gasteiger partial charge is 0.385 e. The van der Waals surface area contributed by atoms with Gasteiger partial charge in [-0.25, -0.2) is 9.97 Å². The number of amides is 1. The predicted molar refractivity (Wildman–Crippen MR) is 46.6 cm³/mol. The summed E-state index contributed by atoms with van der Waals surface area (Å²) in [5.41, 5.74) is 10.2. The number of aliphatic hydroxyl groups excluding tert-OH is 2. The van der Waals surface area contributed by atoms with Gasteiger partial charge in [-0.1, -0.05) is 0 Å². The summed E-state index contributed by atoms with van der Waals surface area (Å²) in [7, 11) is 0. The van der Waals surface area contributed by atoms with Gasteiger partial charge in [0.05, 0.1) is 0 Å². The van der Waals surface area contributed by atoms with Crippen LogP contribution in [0.1, 0.15) is 11.7 Å². The standard InChI is InChI=1S/C7H10N4O3/c8-6(14)5(13)4(12)3-1-10-7(9)11-2-3/h1-2,4-5,12-13H,(H2,8,14)(H2,9,10,11). The molecule has 0 saturated carbocycles. The van der Waals surface area contributed by atoms with Gasteiger partial charge in [-0.2, -0.15) is 0 Å². The van der Waals surface area contributed by atoms with E-state index in [0.29, 0.717) is 0 Å². The lowest BCUT2D eigenvalue weighted by molar-refractivity contribution is -0.132. The van der Waals surface area contributed by atoms with Crippen molar-refractivity contribution in [1.82, 2.24) is 9.97 Å². The van der Waals surface area contributed by atoms with Crippen molar-refractivity contribution in [1.29, 1.82) is 0 Å². The van der Waals surface area contributed by atoms with E-state index in [4.69, 9.17) is 16.6 Å². The summed E-state index contributed by atoms with van der Waals surface area (Å²) in [6, 6.07) is 0. The van der Waals surface area contributed by atoms with Crippen LogP contribution in [0.2, 0.25) is 0 Å². The number of hydrogen-bond acceptors (Lipinski definition) is 6. The third-order valence-electron chi connectivity index (χ3n) is 1.62. The zero-order chi connectivity index (χ0) is 10.7. The number of carbonyl (C=O) groups is 1. The molecule has 0 spiro atoms. The summed E-state index contributed by atoms with van der Waals surface area (Å²) < 4.78 is 0. The summed E-state index contributed by atoms with van der Waals surface area (Å²) in [5, 5.41) is 18.5. The molecule has 0 aliphatic carbocycles. The highest BCUT2D eigenvalue weighted by Gasteiger charge is 2.23. The van der Waals surface area contributed by atoms with E-state index in [-0.39, 0.29) is 11.5 Å². The van der Waals surface area contributed by atoms with E-state index in [1.165, 1.54) is 12.4 Å². The molecule has 1 heterocycles. The average molecular weight is 198 g/mol. The molecule has 0 aromatic carbocycles. The highest BCUT2D eigenvalue weighted by atomic mass is 16.3. The number of nitrogens with zero attached hydrogens (tertiary/aromatic N) is 2. The van der Waals surface area contributed by atoms with Gasteiger partial charge in [0, 0.05) is 18.0 Å². The van der Waals surface area contributed by atoms with E-state index >= 15 is 0 Å². The number of nitrogen functional groups attached to an aromatic ring is 1. The van der Waals surface area contributed by atoms with Crippen molar-refractivity contribution >= 4 is 11.9 Å². The minimum atomic E-state index is -1.68. The zero-order valence-electron chi connectivity index (χ0n) is 7.16. The molecule has 76 valence electrons. The fraction of sp³-hybridized carbons (Fsp3) is 0.286. The van der Waals surface area contributed by atoms with Crippen molar-refractivity contribution in [2.45, 2.75) is 12.2 Å². The number of hydrogen-bond donors (Lipinski definition) is 4. The maximum atomic E-state index is 10.5. The summed E-state index contributed by atoms with van der Waals surface area (Å²) in [4.78, 5) is 17.7. The zero-order valence-corrected chi connectivity index (χ0v) is 7.16. The maximum absolute atomic E-state index is 10.5. The van der Waals surface area contributed by atoms with Crippen LogP contribution in [0.15, 0.2) is 12.4 Å². The molecule has 1 aromatic rings. The molecule has 0 radical (unpaired) electrons. The fourth-order valence-corrected chi connectivity index (χ4v) is 0.839. The number of rotatable bonds is 3. The second kappa shape index (κ2) is 3.99. The minimum Gasteiger partial charge on any atom is -0.385 e. The number of primary amides is 1. The summed E-state index contributed by atoms with van der Waals surface area (Å²) in [5.74, 6) is -0.983. The number of aromatic nitrogens is 2. The van der Waals surface area contributed by atoms with Crippen molar-refractivity contribution in [3.05, 3.63) is 18.0 Å². The van der Waals surface area contributed by atoms with Crippen molar-refractivity contribution in [2.24, 2.45) is 5.73 Å². The van der Waals surface area contributed by atoms with Gasteiger partial charge in [0.1, 0.15) is 6.10 Å². The molecule has 0 bridgehead atoms. The van der Waals surface area contributed by atoms with E-state index in [1.54, 1.807) is 0 Å². The SMILES string of the molecule is NC(=O)C(O)C(O)c1cnc(N)nc1. The van der Waals surface area contributed by atoms with E-state index in [1.807, 2.05) is 0 Å². The molecular formula is C7H10N4O3. The predicted octanol–water partition coefficient (Wildman–Crippen LogP) is -2.06. The second-order valence-corrected chi connectivity index (χ2v) is 2.67. The Morgan fingerprint density at radius 2 is 1.86 bits per heavy atom. The van der Waals surface area contributed by atoms with Gasteiger partial charge in [0.15, 0.2) is 6.10 Å². The summed E-state index contributed by atoms with van der Waals surface area (Å²) in [6.45, 7) is 0. The second-order valence-electron chi connectivity index (χ2n) is 2.67. The van der Waals surface area contributed by atoms with Gasteiger partial charge >= 0.3 is 0 Å². The molecule has 6 N–H and O–H groups in total. The Morgan fingerprint density at radius 3 is 2.29 bits per heavy atom. The smallest absolute Gasteiger partial charge is 0.249 e. The van der Waals surface area contributed by atoms with E-state index in [0.717, 1.165) is 0 Å². The Bertz CT molecular complexity index is 326. The molecule has 7 heteroatoms. The van der Waals surface area contributed by atoms with Crippen molar-refractivity contribution in [3.8, 4) is 0 Å². The lowest BCUT2D eigenvalue weighted by atomic mass is 10.1. The topological polar surface area (TPSA) is 135 Å². The Kier molecular flexibility index (Phi) is 2.95. The first kappa shape index (κ1) is 10.4. The number of anilines is 1. The van der Waals surface area contributed by atoms with Crippen LogP contribution in [-0.2, 0) is 4.79 Å². The Hall–Kier alpha value is -1.73. The molecule has 0 aliphatic rings. The van der Waals surface area contributed by atoms with Gasteiger partial charge in [0.25, 0.3) is 0 Å². The van der Waals surface area contributed by atoms with Crippen molar-refractivity contribution in [3.63, 3.8) is 0 Å². The third-order valence-corrected chi connectivity index (χ3v) is 1.62. The van der Waals surface area contributed by atoms with Crippen LogP contribution < -0.4 is 11.5 Å². The first-order valence-corrected chi connectivity index (χ1v) is 3.75. The molecule has 0 fully saturated rings. The van der Waals surface area contributed by atoms with Gasteiger partial charge < -0.3 is 21.7 Å². The van der Waals surface area contributed by atoms with Gasteiger partial charge in [0.2, 0.25) is 11.9 Å². The average Bonchev–Trinajstić information content (AvgIpc) is 2.16. The fourth-order valence-electron chi connectivity index (χ4n) is 0.839. The summed E-state index contributed by atoms with van der Waals surface area (Å²) in [6.07, 6.45) is -0.700. The Labute approximate surface area is 79.4 Å². The van der Waals surface area contributed by atoms with E-state index < -0.39 is 18.1 Å². The van der Waals surface area contributed by atoms with Gasteiger partial charge in [-0.15, -0.1) is 0 Å². The van der Waals surface area contributed by atoms with Gasteiger partial charge in [-0.05, 0) is 0 Å². The molecule has 1 aromatic heterocycles. The molecule has 2 unspecified atom stereocenters. The Balaban J connectivity index is 2.84. The van der Waals surface area contributed by atoms with Crippen LogP contribution in [0.4, 0.5) is 5.95 Å². The van der Waals surface area contributed by atoms with Crippen LogP contribution >= 0.6 is 0 Å². The minimum absolute atomic E-state index is 0.0366. The van der Waals surface area contributed by atoms with Crippen molar-refractivity contribution < 1.29 is 15.0 Å². The third kappa shape index (κ3) is 2.15. The van der Waals surface area contributed by atoms with Crippen LogP contribution in [0, 0.1) is 0 Å². The van der Waals surface area contributed by atoms with Crippen LogP contribution in [0.25, 0.3) is 0 Å². The molecule has 14 heavy (non-hydrogen) atoms. The normalized spacial score (nSPS) is 14.7. The summed E-state index contributed by atoms with van der Waals surface area (Å²) >= 11 is 0. The molecule has 1 rings (SSSR count).